The lowest BCUT2D eigenvalue weighted by Crippen LogP contribution is -2.55. The molecule has 0 atom stereocenters. The van der Waals surface area contributed by atoms with Crippen molar-refractivity contribution in [2.75, 3.05) is 4.90 Å². The molecule has 6 aliphatic carbocycles. The molecule has 63 heavy (non-hydrogen) atoms. The summed E-state index contributed by atoms with van der Waals surface area (Å²) in [6.45, 7) is 4.79. The van der Waals surface area contributed by atoms with E-state index in [9.17, 15) is 0 Å². The number of rotatable bonds is 5. The van der Waals surface area contributed by atoms with E-state index >= 15 is 0 Å². The van der Waals surface area contributed by atoms with E-state index in [1.54, 1.807) is 11.1 Å². The minimum atomic E-state index is -0.112. The molecule has 304 valence electrons. The highest BCUT2D eigenvalue weighted by Gasteiger charge is 2.61. The maximum atomic E-state index is 6.33. The van der Waals surface area contributed by atoms with Crippen molar-refractivity contribution < 1.29 is 4.42 Å². The fourth-order valence-electron chi connectivity index (χ4n) is 14.4. The van der Waals surface area contributed by atoms with Crippen molar-refractivity contribution >= 4 is 39.0 Å². The quantitative estimate of drug-likeness (QED) is 0.172. The summed E-state index contributed by atoms with van der Waals surface area (Å²) in [6.07, 6.45) is 6.95. The van der Waals surface area contributed by atoms with Gasteiger partial charge in [-0.05, 0) is 171 Å². The summed E-state index contributed by atoms with van der Waals surface area (Å²) in [4.78, 5) is 2.54. The summed E-state index contributed by atoms with van der Waals surface area (Å²) in [6, 6.07) is 66.4. The van der Waals surface area contributed by atoms with Gasteiger partial charge in [-0.25, -0.2) is 0 Å². The Kier molecular flexibility index (Phi) is 7.38. The van der Waals surface area contributed by atoms with E-state index < -0.39 is 0 Å². The van der Waals surface area contributed by atoms with Crippen LogP contribution in [0.4, 0.5) is 17.1 Å². The van der Waals surface area contributed by atoms with Gasteiger partial charge in [0, 0.05) is 38.7 Å². The average molecular weight is 812 g/mol. The van der Waals surface area contributed by atoms with Gasteiger partial charge in [-0.3, -0.25) is 0 Å². The van der Waals surface area contributed by atoms with Crippen LogP contribution in [-0.4, -0.2) is 0 Å². The van der Waals surface area contributed by atoms with Crippen LogP contribution in [0.5, 0.6) is 0 Å². The molecular formula is C61H49NO. The minimum absolute atomic E-state index is 0.0873. The monoisotopic (exact) mass is 811 g/mol. The molecule has 1 aromatic heterocycles. The molecule has 4 saturated carbocycles. The molecule has 6 aliphatic rings. The van der Waals surface area contributed by atoms with Crippen LogP contribution >= 0.6 is 0 Å². The SMILES string of the molecule is CC1(C)c2ccccc2-c2cccc(-c3cccc(N(c4ccc(-c5cccc6oc7ccccc7c56)cc4)c4ccc5c(c4)C4(c6ccccc6-5)C5CC6CC(C5)CC4C6)c3)c21. The van der Waals surface area contributed by atoms with Crippen molar-refractivity contribution in [1.29, 1.82) is 0 Å². The summed E-state index contributed by atoms with van der Waals surface area (Å²) in [5, 5.41) is 2.33. The summed E-state index contributed by atoms with van der Waals surface area (Å²) < 4.78 is 6.33. The number of furan rings is 1. The van der Waals surface area contributed by atoms with Crippen LogP contribution in [0.1, 0.15) is 68.2 Å². The van der Waals surface area contributed by atoms with Gasteiger partial charge in [-0.1, -0.05) is 141 Å². The molecule has 0 N–H and O–H groups in total. The number of nitrogens with zero attached hydrogens (tertiary/aromatic N) is 1. The molecule has 2 nitrogen and oxygen atoms in total. The summed E-state index contributed by atoms with van der Waals surface area (Å²) in [7, 11) is 0. The van der Waals surface area contributed by atoms with Crippen LogP contribution in [0, 0.1) is 23.7 Å². The first-order valence-corrected chi connectivity index (χ1v) is 23.3. The largest absolute Gasteiger partial charge is 0.456 e. The average Bonchev–Trinajstić information content (AvgIpc) is 3.92. The third-order valence-corrected chi connectivity index (χ3v) is 16.6. The molecule has 0 amide bonds. The van der Waals surface area contributed by atoms with E-state index in [0.717, 1.165) is 34.1 Å². The Balaban J connectivity index is 0.951. The Morgan fingerprint density at radius 3 is 1.83 bits per heavy atom. The second-order valence-corrected chi connectivity index (χ2v) is 20.1. The van der Waals surface area contributed by atoms with Gasteiger partial charge in [-0.15, -0.1) is 0 Å². The molecule has 15 rings (SSSR count). The molecule has 0 saturated heterocycles. The van der Waals surface area contributed by atoms with E-state index in [4.69, 9.17) is 4.42 Å². The number of para-hydroxylation sites is 1. The number of benzene rings is 8. The molecule has 8 aromatic carbocycles. The molecule has 9 aromatic rings. The van der Waals surface area contributed by atoms with Gasteiger partial charge < -0.3 is 9.32 Å². The van der Waals surface area contributed by atoms with Gasteiger partial charge in [-0.2, -0.15) is 0 Å². The van der Waals surface area contributed by atoms with Gasteiger partial charge >= 0.3 is 0 Å². The number of anilines is 3. The van der Waals surface area contributed by atoms with Crippen LogP contribution in [0.25, 0.3) is 66.4 Å². The van der Waals surface area contributed by atoms with Crippen LogP contribution < -0.4 is 4.90 Å². The highest BCUT2D eigenvalue weighted by molar-refractivity contribution is 6.12. The van der Waals surface area contributed by atoms with E-state index in [1.807, 2.05) is 0 Å². The Labute approximate surface area is 369 Å². The van der Waals surface area contributed by atoms with Crippen molar-refractivity contribution in [3.05, 3.63) is 198 Å². The Bertz CT molecular complexity index is 3320. The van der Waals surface area contributed by atoms with Crippen molar-refractivity contribution in [3.8, 4) is 44.5 Å². The standard InChI is InChI=1S/C61H49NO/c1-60(2)53-20-6-3-15-49(53)51-19-10-18-47(59(51)60)40-12-9-13-44(35-40)62(43-26-24-39(25-27-43)46-17-11-23-57-58(46)52-16-5-8-22-56(52)63-57)45-28-29-50-48-14-4-7-21-54(48)61(55(50)36-45)41-31-37-30-38(33-41)34-42(61)32-37/h3-29,35-38,41-42H,30-34H2,1-2H3. The third kappa shape index (κ3) is 4.90. The maximum absolute atomic E-state index is 6.33. The second-order valence-electron chi connectivity index (χ2n) is 20.1. The normalized spacial score (nSPS) is 23.0. The Morgan fingerprint density at radius 1 is 0.429 bits per heavy atom. The van der Waals surface area contributed by atoms with Crippen LogP contribution in [-0.2, 0) is 10.8 Å². The maximum Gasteiger partial charge on any atom is 0.136 e. The predicted molar refractivity (Wildman–Crippen MR) is 260 cm³/mol. The molecule has 1 spiro atoms. The molecular weight excluding hydrogens is 763 g/mol. The minimum Gasteiger partial charge on any atom is -0.456 e. The number of hydrogen-bond donors (Lipinski definition) is 0. The summed E-state index contributed by atoms with van der Waals surface area (Å²) in [5.41, 5.74) is 21.9. The van der Waals surface area contributed by atoms with Gasteiger partial charge in [0.2, 0.25) is 0 Å². The van der Waals surface area contributed by atoms with Gasteiger partial charge in [0.15, 0.2) is 0 Å². The van der Waals surface area contributed by atoms with Gasteiger partial charge in [0.1, 0.15) is 11.2 Å². The first-order valence-electron chi connectivity index (χ1n) is 23.3. The molecule has 4 fully saturated rings. The van der Waals surface area contributed by atoms with Crippen molar-refractivity contribution in [2.45, 2.75) is 56.8 Å². The lowest BCUT2D eigenvalue weighted by Gasteiger charge is -2.61. The zero-order valence-corrected chi connectivity index (χ0v) is 35.9. The van der Waals surface area contributed by atoms with E-state index in [-0.39, 0.29) is 10.8 Å². The third-order valence-electron chi connectivity index (χ3n) is 16.6. The zero-order valence-electron chi connectivity index (χ0n) is 35.9. The van der Waals surface area contributed by atoms with E-state index in [2.05, 4.69) is 195 Å². The summed E-state index contributed by atoms with van der Waals surface area (Å²) in [5.74, 6) is 3.21. The molecule has 0 aliphatic heterocycles. The van der Waals surface area contributed by atoms with Crippen LogP contribution in [0.3, 0.4) is 0 Å². The fourth-order valence-corrected chi connectivity index (χ4v) is 14.4. The van der Waals surface area contributed by atoms with Crippen LogP contribution in [0.2, 0.25) is 0 Å². The highest BCUT2D eigenvalue weighted by Crippen LogP contribution is 2.69. The number of hydrogen-bond acceptors (Lipinski definition) is 2. The second kappa shape index (κ2) is 13.0. The molecule has 4 bridgehead atoms. The van der Waals surface area contributed by atoms with E-state index in [1.165, 1.54) is 104 Å². The van der Waals surface area contributed by atoms with Crippen molar-refractivity contribution in [3.63, 3.8) is 0 Å². The molecule has 0 radical (unpaired) electrons. The number of fused-ring (bicyclic) bond motifs is 9. The first kappa shape index (κ1) is 35.9. The zero-order chi connectivity index (χ0) is 41.6. The Morgan fingerprint density at radius 2 is 1.02 bits per heavy atom. The smallest absolute Gasteiger partial charge is 0.136 e. The van der Waals surface area contributed by atoms with Crippen molar-refractivity contribution in [1.82, 2.24) is 0 Å². The molecule has 0 unspecified atom stereocenters. The topological polar surface area (TPSA) is 16.4 Å². The van der Waals surface area contributed by atoms with Gasteiger partial charge in [0.05, 0.1) is 0 Å². The fraction of sp³-hybridized carbons (Fsp3) is 0.213. The summed E-state index contributed by atoms with van der Waals surface area (Å²) >= 11 is 0. The highest BCUT2D eigenvalue weighted by atomic mass is 16.3. The lowest BCUT2D eigenvalue weighted by molar-refractivity contribution is -0.0399. The molecule has 2 heteroatoms. The predicted octanol–water partition coefficient (Wildman–Crippen LogP) is 16.4. The van der Waals surface area contributed by atoms with Crippen LogP contribution in [0.15, 0.2) is 180 Å². The van der Waals surface area contributed by atoms with Gasteiger partial charge in [0.25, 0.3) is 0 Å². The lowest BCUT2D eigenvalue weighted by atomic mass is 9.43. The Hall–Kier alpha value is -6.64. The first-order chi connectivity index (χ1) is 30.9. The molecule has 1 heterocycles. The van der Waals surface area contributed by atoms with E-state index in [0.29, 0.717) is 11.8 Å². The van der Waals surface area contributed by atoms with Crippen molar-refractivity contribution in [2.24, 2.45) is 23.7 Å².